The van der Waals surface area contributed by atoms with E-state index in [1.165, 1.54) is 32.1 Å². The van der Waals surface area contributed by atoms with Crippen LogP contribution in [0.25, 0.3) is 0 Å². The molecule has 9 N–H and O–H groups in total. The van der Waals surface area contributed by atoms with Crippen LogP contribution in [0, 0.1) is 11.3 Å². The van der Waals surface area contributed by atoms with E-state index in [9.17, 15) is 35.3 Å². The lowest BCUT2D eigenvalue weighted by molar-refractivity contribution is -0.208. The van der Waals surface area contributed by atoms with Gasteiger partial charge in [-0.1, -0.05) is 56.2 Å². The molecule has 10 nitrogen and oxygen atoms in total. The molecule has 2 unspecified atom stereocenters. The van der Waals surface area contributed by atoms with Crippen molar-refractivity contribution in [3.05, 3.63) is 0 Å². The normalized spacial score (nSPS) is 23.2. The second-order valence-corrected chi connectivity index (χ2v) is 11.6. The lowest BCUT2D eigenvalue weighted by atomic mass is 9.58. The Morgan fingerprint density at radius 1 is 0.875 bits per heavy atom. The first-order valence-electron chi connectivity index (χ1n) is 11.4. The third-order valence-corrected chi connectivity index (χ3v) is 8.93. The Hall–Kier alpha value is 0.460. The zero-order valence-corrected chi connectivity index (χ0v) is 21.0. The van der Waals surface area contributed by atoms with Crippen molar-refractivity contribution in [1.82, 2.24) is 0 Å². The summed E-state index contributed by atoms with van der Waals surface area (Å²) >= 11 is 0. The number of aliphatic hydroxyl groups is 5. The van der Waals surface area contributed by atoms with E-state index in [2.05, 4.69) is 11.2 Å². The van der Waals surface area contributed by atoms with Crippen molar-refractivity contribution in [2.45, 2.75) is 83.2 Å². The number of aliphatic hydroxyl groups excluding tert-OH is 4. The molecule has 0 saturated heterocycles. The Morgan fingerprint density at radius 3 is 1.84 bits per heavy atom. The average molecular weight is 508 g/mol. The monoisotopic (exact) mass is 507 g/mol. The van der Waals surface area contributed by atoms with Gasteiger partial charge in [-0.2, -0.15) is 9.79 Å². The largest absolute Gasteiger partial charge is 0.415 e. The molecule has 0 bridgehead atoms. The molecule has 1 fully saturated rings. The predicted molar refractivity (Wildman–Crippen MR) is 124 cm³/mol. The minimum atomic E-state index is -3.54. The Labute approximate surface area is 193 Å². The summed E-state index contributed by atoms with van der Waals surface area (Å²) in [6, 6.07) is 0. The fraction of sp³-hybridized carbons (Fsp3) is 1.00. The molecule has 0 heterocycles. The molecule has 12 heteroatoms. The Morgan fingerprint density at radius 2 is 1.41 bits per heavy atom. The SMILES string of the molecule is CCCCCCCCCC[P+](O)(O)OP(O)O.OCC1CCCC(O)(CO)C1(CO)CO. The van der Waals surface area contributed by atoms with E-state index >= 15 is 0 Å². The molecule has 1 aliphatic carbocycles. The summed E-state index contributed by atoms with van der Waals surface area (Å²) in [5, 5.41) is 47.4. The van der Waals surface area contributed by atoms with Gasteiger partial charge in [0.15, 0.2) is 0 Å². The highest BCUT2D eigenvalue weighted by molar-refractivity contribution is 7.66. The predicted octanol–water partition coefficient (Wildman–Crippen LogP) is 1.58. The number of hydrogen-bond donors (Lipinski definition) is 9. The van der Waals surface area contributed by atoms with Crippen molar-refractivity contribution in [2.24, 2.45) is 11.3 Å². The topological polar surface area (TPSA) is 191 Å². The zero-order chi connectivity index (χ0) is 24.7. The van der Waals surface area contributed by atoms with Crippen LogP contribution in [-0.4, -0.2) is 83.3 Å². The van der Waals surface area contributed by atoms with Crippen LogP contribution in [0.15, 0.2) is 0 Å². The van der Waals surface area contributed by atoms with Crippen molar-refractivity contribution >= 4 is 16.5 Å². The van der Waals surface area contributed by atoms with Crippen LogP contribution in [0.1, 0.15) is 77.6 Å². The molecule has 194 valence electrons. The maximum atomic E-state index is 10.2. The average Bonchev–Trinajstić information content (AvgIpc) is 2.75. The highest BCUT2D eigenvalue weighted by Crippen LogP contribution is 2.59. The second-order valence-electron chi connectivity index (χ2n) is 8.63. The van der Waals surface area contributed by atoms with Crippen molar-refractivity contribution < 1.29 is 49.4 Å². The van der Waals surface area contributed by atoms with Crippen LogP contribution in [-0.2, 0) is 4.31 Å². The van der Waals surface area contributed by atoms with E-state index in [-0.39, 0.29) is 18.7 Å². The molecule has 1 aliphatic rings. The number of unbranched alkanes of at least 4 members (excludes halogenated alkanes) is 7. The molecule has 0 aromatic carbocycles. The van der Waals surface area contributed by atoms with Gasteiger partial charge in [0.1, 0.15) is 6.16 Å². The van der Waals surface area contributed by atoms with E-state index in [0.29, 0.717) is 25.7 Å². The van der Waals surface area contributed by atoms with Crippen LogP contribution < -0.4 is 0 Å². The molecule has 1 saturated carbocycles. The summed E-state index contributed by atoms with van der Waals surface area (Å²) in [6.45, 7) is 0.592. The molecule has 0 amide bonds. The molecular formula is C20H45O10P2+. The summed E-state index contributed by atoms with van der Waals surface area (Å²) in [5.41, 5.74) is -2.70. The minimum absolute atomic E-state index is 0.113. The summed E-state index contributed by atoms with van der Waals surface area (Å²) < 4.78 is 4.30. The van der Waals surface area contributed by atoms with Crippen LogP contribution in [0.4, 0.5) is 0 Å². The summed E-state index contributed by atoms with van der Waals surface area (Å²) in [5.74, 6) is -0.376. The van der Waals surface area contributed by atoms with E-state index < -0.39 is 47.4 Å². The molecule has 0 aromatic rings. The maximum Gasteiger partial charge on any atom is 0.415 e. The second kappa shape index (κ2) is 17.0. The van der Waals surface area contributed by atoms with Crippen molar-refractivity contribution in [1.29, 1.82) is 0 Å². The van der Waals surface area contributed by atoms with Crippen molar-refractivity contribution in [3.63, 3.8) is 0 Å². The summed E-state index contributed by atoms with van der Waals surface area (Å²) in [4.78, 5) is 35.6. The van der Waals surface area contributed by atoms with Gasteiger partial charge < -0.3 is 35.3 Å². The fourth-order valence-electron chi connectivity index (χ4n) is 4.26. The van der Waals surface area contributed by atoms with E-state index in [1.807, 2.05) is 0 Å². The van der Waals surface area contributed by atoms with Crippen molar-refractivity contribution in [3.8, 4) is 0 Å². The van der Waals surface area contributed by atoms with Crippen LogP contribution >= 0.6 is 16.5 Å². The Bertz CT molecular complexity index is 466. The lowest BCUT2D eigenvalue weighted by Crippen LogP contribution is -2.62. The standard InChI is InChI=1S/C10H25O5P2.C10H20O5/c1-2-3-4-5-6-7-8-9-10-17(13,14)15-16(11)12;11-4-8-2-1-3-10(15,7-14)9(8,5-12)6-13/h11-14H,2-10H2,1H3;8,11-15H,1-7H2/q+1;. The van der Waals surface area contributed by atoms with Crippen molar-refractivity contribution in [2.75, 3.05) is 32.6 Å². The molecule has 32 heavy (non-hydrogen) atoms. The van der Waals surface area contributed by atoms with Gasteiger partial charge in [-0.3, -0.25) is 0 Å². The maximum absolute atomic E-state index is 10.2. The van der Waals surface area contributed by atoms with Crippen LogP contribution in [0.3, 0.4) is 0 Å². The Kier molecular flexibility index (Phi) is 17.2. The lowest BCUT2D eigenvalue weighted by Gasteiger charge is -2.52. The highest BCUT2D eigenvalue weighted by atomic mass is 31.3. The van der Waals surface area contributed by atoms with Gasteiger partial charge in [-0.15, -0.1) is 0 Å². The molecule has 0 aromatic heterocycles. The molecular weight excluding hydrogens is 462 g/mol. The van der Waals surface area contributed by atoms with Gasteiger partial charge in [0, 0.05) is 6.61 Å². The first-order chi connectivity index (χ1) is 15.1. The molecule has 1 rings (SSSR count). The van der Waals surface area contributed by atoms with Gasteiger partial charge >= 0.3 is 16.5 Å². The quantitative estimate of drug-likeness (QED) is 0.116. The minimum Gasteiger partial charge on any atom is -0.396 e. The van der Waals surface area contributed by atoms with E-state index in [1.54, 1.807) is 0 Å². The Balaban J connectivity index is 0.000000604. The molecule has 2 atom stereocenters. The van der Waals surface area contributed by atoms with E-state index in [0.717, 1.165) is 12.8 Å². The third kappa shape index (κ3) is 10.8. The summed E-state index contributed by atoms with van der Waals surface area (Å²) in [7, 11) is -6.21. The molecule has 0 aliphatic heterocycles. The van der Waals surface area contributed by atoms with Crippen LogP contribution in [0.5, 0.6) is 0 Å². The third-order valence-electron chi connectivity index (χ3n) is 6.40. The van der Waals surface area contributed by atoms with Crippen LogP contribution in [0.2, 0.25) is 0 Å². The fourth-order valence-corrected chi connectivity index (χ4v) is 6.16. The first-order valence-corrected chi connectivity index (χ1v) is 14.4. The van der Waals surface area contributed by atoms with Gasteiger partial charge in [-0.25, -0.2) is 0 Å². The van der Waals surface area contributed by atoms with Gasteiger partial charge in [0.2, 0.25) is 0 Å². The molecule has 0 spiro atoms. The van der Waals surface area contributed by atoms with Gasteiger partial charge in [0.05, 0.1) is 30.8 Å². The number of rotatable bonds is 15. The summed E-state index contributed by atoms with van der Waals surface area (Å²) in [6.07, 6.45) is 10.6. The molecule has 0 radical (unpaired) electrons. The first kappa shape index (κ1) is 32.5. The highest BCUT2D eigenvalue weighted by Gasteiger charge is 2.56. The van der Waals surface area contributed by atoms with E-state index in [4.69, 9.17) is 9.79 Å². The smallest absolute Gasteiger partial charge is 0.396 e. The van der Waals surface area contributed by atoms with Gasteiger partial charge in [-0.05, 0) is 31.6 Å². The zero-order valence-electron chi connectivity index (χ0n) is 19.2. The van der Waals surface area contributed by atoms with Gasteiger partial charge in [0.25, 0.3) is 0 Å². The number of hydrogen-bond acceptors (Lipinski definition) is 10.